The molecule has 0 aromatic carbocycles. The van der Waals surface area contributed by atoms with E-state index in [1.165, 1.54) is 0 Å². The molecule has 90 valence electrons. The molecule has 0 radical (unpaired) electrons. The minimum absolute atomic E-state index is 0.274. The molecule has 1 aliphatic rings. The van der Waals surface area contributed by atoms with Gasteiger partial charge in [-0.05, 0) is 13.8 Å². The zero-order valence-electron chi connectivity index (χ0n) is 9.98. The summed E-state index contributed by atoms with van der Waals surface area (Å²) in [6.07, 6.45) is 0.334. The van der Waals surface area contributed by atoms with Crippen LogP contribution in [0.25, 0.3) is 0 Å². The molecule has 4 nitrogen and oxygen atoms in total. The van der Waals surface area contributed by atoms with Gasteiger partial charge in [0.25, 0.3) is 0 Å². The summed E-state index contributed by atoms with van der Waals surface area (Å²) in [6.45, 7) is 11.4. The summed E-state index contributed by atoms with van der Waals surface area (Å²) in [5.74, 6) is 0. The summed E-state index contributed by atoms with van der Waals surface area (Å²) >= 11 is 0. The molecule has 1 saturated heterocycles. The van der Waals surface area contributed by atoms with E-state index in [1.54, 1.807) is 0 Å². The van der Waals surface area contributed by atoms with Crippen LogP contribution in [0.5, 0.6) is 0 Å². The van der Waals surface area contributed by atoms with Gasteiger partial charge < -0.3 is 9.84 Å². The molecule has 4 heteroatoms. The Morgan fingerprint density at radius 2 is 1.60 bits per heavy atom. The Kier molecular flexibility index (Phi) is 6.17. The minimum Gasteiger partial charge on any atom is -0.395 e. The van der Waals surface area contributed by atoms with E-state index in [2.05, 4.69) is 23.6 Å². The topological polar surface area (TPSA) is 35.9 Å². The Hall–Kier alpha value is -0.160. The second-order valence-electron chi connectivity index (χ2n) is 4.33. The number of aliphatic hydroxyl groups excluding tert-OH is 1. The van der Waals surface area contributed by atoms with Gasteiger partial charge in [0.05, 0.1) is 19.3 Å². The maximum absolute atomic E-state index is 8.81. The number of rotatable bonds is 6. The average molecular weight is 216 g/mol. The van der Waals surface area contributed by atoms with E-state index < -0.39 is 0 Å². The predicted octanol–water partition coefficient (Wildman–Crippen LogP) is 0.0213. The molecule has 0 spiro atoms. The lowest BCUT2D eigenvalue weighted by Gasteiger charge is -2.34. The molecule has 0 aromatic heterocycles. The van der Waals surface area contributed by atoms with Gasteiger partial charge in [0.15, 0.2) is 0 Å². The summed E-state index contributed by atoms with van der Waals surface area (Å²) in [5, 5.41) is 8.81. The van der Waals surface area contributed by atoms with Crippen LogP contribution in [0, 0.1) is 0 Å². The first-order valence-corrected chi connectivity index (χ1v) is 5.89. The smallest absolute Gasteiger partial charge is 0.0596 e. The van der Waals surface area contributed by atoms with Gasteiger partial charge in [-0.25, -0.2) is 0 Å². The van der Waals surface area contributed by atoms with Crippen LogP contribution in [0.2, 0.25) is 0 Å². The normalized spacial score (nSPS) is 20.0. The Bertz CT molecular complexity index is 157. The molecule has 0 aromatic rings. The van der Waals surface area contributed by atoms with Crippen molar-refractivity contribution >= 4 is 0 Å². The van der Waals surface area contributed by atoms with Gasteiger partial charge in [-0.3, -0.25) is 9.80 Å². The maximum atomic E-state index is 8.81. The zero-order valence-corrected chi connectivity index (χ0v) is 9.98. The van der Waals surface area contributed by atoms with Crippen molar-refractivity contribution in [1.82, 2.24) is 9.80 Å². The Labute approximate surface area is 92.8 Å². The SMILES string of the molecule is CC(C)OCCN1CCN(CCO)CC1. The van der Waals surface area contributed by atoms with E-state index in [0.717, 1.165) is 45.9 Å². The van der Waals surface area contributed by atoms with E-state index in [-0.39, 0.29) is 6.61 Å². The minimum atomic E-state index is 0.274. The van der Waals surface area contributed by atoms with Crippen LogP contribution in [-0.4, -0.2) is 73.5 Å². The van der Waals surface area contributed by atoms with Crippen LogP contribution < -0.4 is 0 Å². The Morgan fingerprint density at radius 3 is 2.07 bits per heavy atom. The maximum Gasteiger partial charge on any atom is 0.0596 e. The van der Waals surface area contributed by atoms with Crippen LogP contribution in [0.1, 0.15) is 13.8 Å². The molecule has 1 heterocycles. The predicted molar refractivity (Wildman–Crippen MR) is 61.1 cm³/mol. The molecule has 0 unspecified atom stereocenters. The lowest BCUT2D eigenvalue weighted by atomic mass is 10.3. The van der Waals surface area contributed by atoms with Crippen molar-refractivity contribution in [3.05, 3.63) is 0 Å². The monoisotopic (exact) mass is 216 g/mol. The molecule has 0 atom stereocenters. The van der Waals surface area contributed by atoms with Crippen LogP contribution in [0.3, 0.4) is 0 Å². The van der Waals surface area contributed by atoms with E-state index in [1.807, 2.05) is 0 Å². The van der Waals surface area contributed by atoms with Crippen LogP contribution in [0.15, 0.2) is 0 Å². The largest absolute Gasteiger partial charge is 0.395 e. The number of hydrogen-bond donors (Lipinski definition) is 1. The molecule has 1 fully saturated rings. The fraction of sp³-hybridized carbons (Fsp3) is 1.00. The van der Waals surface area contributed by atoms with Gasteiger partial charge in [-0.1, -0.05) is 0 Å². The first kappa shape index (κ1) is 12.9. The first-order chi connectivity index (χ1) is 7.22. The number of piperazine rings is 1. The quantitative estimate of drug-likeness (QED) is 0.679. The van der Waals surface area contributed by atoms with Crippen molar-refractivity contribution in [3.8, 4) is 0 Å². The Morgan fingerprint density at radius 1 is 1.07 bits per heavy atom. The van der Waals surface area contributed by atoms with Crippen molar-refractivity contribution < 1.29 is 9.84 Å². The van der Waals surface area contributed by atoms with Gasteiger partial charge in [0.2, 0.25) is 0 Å². The molecule has 15 heavy (non-hydrogen) atoms. The lowest BCUT2D eigenvalue weighted by molar-refractivity contribution is 0.0424. The van der Waals surface area contributed by atoms with E-state index in [9.17, 15) is 0 Å². The van der Waals surface area contributed by atoms with Crippen LogP contribution >= 0.6 is 0 Å². The second-order valence-corrected chi connectivity index (χ2v) is 4.33. The van der Waals surface area contributed by atoms with Gasteiger partial charge >= 0.3 is 0 Å². The van der Waals surface area contributed by atoms with Crippen LogP contribution in [-0.2, 0) is 4.74 Å². The number of aliphatic hydroxyl groups is 1. The molecule has 1 rings (SSSR count). The van der Waals surface area contributed by atoms with E-state index in [0.29, 0.717) is 6.10 Å². The standard InChI is InChI=1S/C11H24N2O2/c1-11(2)15-10-8-13-5-3-12(4-6-13)7-9-14/h11,14H,3-10H2,1-2H3. The molecule has 1 aliphatic heterocycles. The zero-order chi connectivity index (χ0) is 11.1. The number of ether oxygens (including phenoxy) is 1. The van der Waals surface area contributed by atoms with Crippen molar-refractivity contribution in [1.29, 1.82) is 0 Å². The molecule has 1 N–H and O–H groups in total. The number of hydrogen-bond acceptors (Lipinski definition) is 4. The number of nitrogens with zero attached hydrogens (tertiary/aromatic N) is 2. The molecule has 0 saturated carbocycles. The molecule has 0 amide bonds. The molecular formula is C11H24N2O2. The molecule has 0 bridgehead atoms. The fourth-order valence-electron chi connectivity index (χ4n) is 1.80. The highest BCUT2D eigenvalue weighted by Crippen LogP contribution is 2.01. The van der Waals surface area contributed by atoms with Gasteiger partial charge in [0.1, 0.15) is 0 Å². The number of β-amino-alcohol motifs (C(OH)–C–C–N with tert-alkyl or cyclic N) is 1. The third-order valence-corrected chi connectivity index (χ3v) is 2.74. The Balaban J connectivity index is 2.04. The third kappa shape index (κ3) is 5.47. The van der Waals surface area contributed by atoms with Crippen LogP contribution in [0.4, 0.5) is 0 Å². The van der Waals surface area contributed by atoms with Gasteiger partial charge in [0, 0.05) is 39.3 Å². The van der Waals surface area contributed by atoms with Crippen molar-refractivity contribution in [3.63, 3.8) is 0 Å². The van der Waals surface area contributed by atoms with Crippen molar-refractivity contribution in [2.24, 2.45) is 0 Å². The third-order valence-electron chi connectivity index (χ3n) is 2.74. The van der Waals surface area contributed by atoms with Crippen molar-refractivity contribution in [2.75, 3.05) is 52.5 Å². The highest BCUT2D eigenvalue weighted by Gasteiger charge is 2.15. The summed E-state index contributed by atoms with van der Waals surface area (Å²) in [4.78, 5) is 4.73. The molecular weight excluding hydrogens is 192 g/mol. The highest BCUT2D eigenvalue weighted by molar-refractivity contribution is 4.71. The second kappa shape index (κ2) is 7.17. The van der Waals surface area contributed by atoms with E-state index >= 15 is 0 Å². The van der Waals surface area contributed by atoms with Gasteiger partial charge in [-0.15, -0.1) is 0 Å². The lowest BCUT2D eigenvalue weighted by Crippen LogP contribution is -2.48. The fourth-order valence-corrected chi connectivity index (χ4v) is 1.80. The summed E-state index contributed by atoms with van der Waals surface area (Å²) in [6, 6.07) is 0. The average Bonchev–Trinajstić information content (AvgIpc) is 2.20. The highest BCUT2D eigenvalue weighted by atomic mass is 16.5. The summed E-state index contributed by atoms with van der Waals surface area (Å²) in [7, 11) is 0. The van der Waals surface area contributed by atoms with Gasteiger partial charge in [-0.2, -0.15) is 0 Å². The summed E-state index contributed by atoms with van der Waals surface area (Å²) < 4.78 is 5.52. The van der Waals surface area contributed by atoms with E-state index in [4.69, 9.17) is 9.84 Å². The first-order valence-electron chi connectivity index (χ1n) is 5.89. The van der Waals surface area contributed by atoms with Crippen molar-refractivity contribution in [2.45, 2.75) is 20.0 Å². The molecule has 0 aliphatic carbocycles. The summed E-state index contributed by atoms with van der Waals surface area (Å²) in [5.41, 5.74) is 0.